The van der Waals surface area contributed by atoms with Crippen molar-refractivity contribution in [3.63, 3.8) is 0 Å². The molecule has 0 aliphatic carbocycles. The summed E-state index contributed by atoms with van der Waals surface area (Å²) < 4.78 is 0. The number of aryl methyl sites for hydroxylation is 2. The first-order valence-corrected chi connectivity index (χ1v) is 6.77. The molecule has 2 aromatic rings. The lowest BCUT2D eigenvalue weighted by Crippen LogP contribution is -1.92. The Morgan fingerprint density at radius 3 is 2.61 bits per heavy atom. The van der Waals surface area contributed by atoms with Crippen LogP contribution < -0.4 is 0 Å². The number of rotatable bonds is 3. The zero-order valence-electron chi connectivity index (χ0n) is 10.8. The quantitative estimate of drug-likeness (QED) is 0.907. The fourth-order valence-electron chi connectivity index (χ4n) is 1.77. The van der Waals surface area contributed by atoms with Crippen molar-refractivity contribution in [2.45, 2.75) is 36.8 Å². The van der Waals surface area contributed by atoms with Crippen LogP contribution in [-0.2, 0) is 0 Å². The van der Waals surface area contributed by atoms with Crippen LogP contribution in [-0.4, -0.2) is 10.1 Å². The summed E-state index contributed by atoms with van der Waals surface area (Å²) >= 11 is 1.63. The monoisotopic (exact) mass is 259 g/mol. The van der Waals surface area contributed by atoms with E-state index in [4.69, 9.17) is 0 Å². The minimum absolute atomic E-state index is 0.452. The fraction of sp³-hybridized carbons (Fsp3) is 0.267. The molecule has 1 heterocycles. The van der Waals surface area contributed by atoms with Gasteiger partial charge in [0, 0.05) is 11.1 Å². The Bertz CT molecular complexity index is 552. The van der Waals surface area contributed by atoms with Crippen molar-refractivity contribution in [2.24, 2.45) is 0 Å². The van der Waals surface area contributed by atoms with E-state index in [9.17, 15) is 5.11 Å². The Balaban J connectivity index is 2.25. The predicted octanol–water partition coefficient (Wildman–Crippen LogP) is 3.90. The predicted molar refractivity (Wildman–Crippen MR) is 74.9 cm³/mol. The normalized spacial score (nSPS) is 12.4. The standard InChI is InChI=1S/C15H17NOS/c1-10-4-5-14(11(2)8-10)18-15-9-13(12(3)17)6-7-16-15/h4-9,12,17H,1-3H3/t12-/m0/s1. The number of aromatic nitrogens is 1. The molecule has 18 heavy (non-hydrogen) atoms. The van der Waals surface area contributed by atoms with Gasteiger partial charge in [-0.2, -0.15) is 0 Å². The number of hydrogen-bond acceptors (Lipinski definition) is 3. The van der Waals surface area contributed by atoms with Crippen molar-refractivity contribution in [3.8, 4) is 0 Å². The first-order chi connectivity index (χ1) is 8.56. The van der Waals surface area contributed by atoms with E-state index in [1.807, 2.05) is 12.1 Å². The maximum absolute atomic E-state index is 9.57. The Labute approximate surface area is 112 Å². The molecule has 0 spiro atoms. The third-order valence-corrected chi connectivity index (χ3v) is 3.90. The van der Waals surface area contributed by atoms with E-state index in [1.165, 1.54) is 16.0 Å². The summed E-state index contributed by atoms with van der Waals surface area (Å²) in [6.45, 7) is 5.96. The van der Waals surface area contributed by atoms with Gasteiger partial charge in [0.25, 0.3) is 0 Å². The zero-order chi connectivity index (χ0) is 13.1. The lowest BCUT2D eigenvalue weighted by molar-refractivity contribution is 0.199. The summed E-state index contributed by atoms with van der Waals surface area (Å²) in [4.78, 5) is 5.54. The van der Waals surface area contributed by atoms with E-state index in [1.54, 1.807) is 24.9 Å². The topological polar surface area (TPSA) is 33.1 Å². The highest BCUT2D eigenvalue weighted by atomic mass is 32.2. The summed E-state index contributed by atoms with van der Waals surface area (Å²) in [5, 5.41) is 10.5. The molecular weight excluding hydrogens is 242 g/mol. The Kier molecular flexibility index (Phi) is 4.04. The smallest absolute Gasteiger partial charge is 0.101 e. The molecule has 0 unspecified atom stereocenters. The summed E-state index contributed by atoms with van der Waals surface area (Å²) in [7, 11) is 0. The van der Waals surface area contributed by atoms with Crippen molar-refractivity contribution in [2.75, 3.05) is 0 Å². The summed E-state index contributed by atoms with van der Waals surface area (Å²) in [6, 6.07) is 10.2. The van der Waals surface area contributed by atoms with Gasteiger partial charge in [-0.1, -0.05) is 29.5 Å². The van der Waals surface area contributed by atoms with Gasteiger partial charge in [-0.3, -0.25) is 0 Å². The minimum atomic E-state index is -0.452. The maximum Gasteiger partial charge on any atom is 0.101 e. The molecule has 94 valence electrons. The number of benzene rings is 1. The molecule has 0 aliphatic rings. The highest BCUT2D eigenvalue weighted by molar-refractivity contribution is 7.99. The maximum atomic E-state index is 9.57. The zero-order valence-corrected chi connectivity index (χ0v) is 11.7. The van der Waals surface area contributed by atoms with Crippen molar-refractivity contribution < 1.29 is 5.11 Å². The molecule has 1 aromatic heterocycles. The highest BCUT2D eigenvalue weighted by Gasteiger charge is 2.06. The van der Waals surface area contributed by atoms with Gasteiger partial charge in [0.2, 0.25) is 0 Å². The van der Waals surface area contributed by atoms with Crippen LogP contribution in [0.15, 0.2) is 46.5 Å². The van der Waals surface area contributed by atoms with Crippen molar-refractivity contribution in [1.29, 1.82) is 0 Å². The number of hydrogen-bond donors (Lipinski definition) is 1. The van der Waals surface area contributed by atoms with E-state index < -0.39 is 6.10 Å². The second-order valence-corrected chi connectivity index (χ2v) is 5.54. The molecular formula is C15H17NOS. The molecule has 2 rings (SSSR count). The molecule has 1 N–H and O–H groups in total. The van der Waals surface area contributed by atoms with Crippen molar-refractivity contribution in [3.05, 3.63) is 53.2 Å². The van der Waals surface area contributed by atoms with E-state index in [0.717, 1.165) is 10.6 Å². The molecule has 0 amide bonds. The average Bonchev–Trinajstić information content (AvgIpc) is 2.33. The second-order valence-electron chi connectivity index (χ2n) is 4.47. The summed E-state index contributed by atoms with van der Waals surface area (Å²) in [5.74, 6) is 0. The number of pyridine rings is 1. The molecule has 2 nitrogen and oxygen atoms in total. The van der Waals surface area contributed by atoms with E-state index in [0.29, 0.717) is 0 Å². The van der Waals surface area contributed by atoms with Crippen LogP contribution in [0.25, 0.3) is 0 Å². The number of aliphatic hydroxyl groups is 1. The van der Waals surface area contributed by atoms with E-state index in [2.05, 4.69) is 37.0 Å². The lowest BCUT2D eigenvalue weighted by atomic mass is 10.2. The van der Waals surface area contributed by atoms with Gasteiger partial charge in [0.05, 0.1) is 6.10 Å². The molecule has 0 bridgehead atoms. The van der Waals surface area contributed by atoms with Crippen LogP contribution in [0.3, 0.4) is 0 Å². The van der Waals surface area contributed by atoms with Gasteiger partial charge in [0.15, 0.2) is 0 Å². The molecule has 0 aliphatic heterocycles. The third kappa shape index (κ3) is 3.12. The van der Waals surface area contributed by atoms with E-state index >= 15 is 0 Å². The van der Waals surface area contributed by atoms with Crippen LogP contribution in [0.4, 0.5) is 0 Å². The average molecular weight is 259 g/mol. The molecule has 3 heteroatoms. The van der Waals surface area contributed by atoms with Crippen LogP contribution in [0.2, 0.25) is 0 Å². The number of aliphatic hydroxyl groups excluding tert-OH is 1. The van der Waals surface area contributed by atoms with E-state index in [-0.39, 0.29) is 0 Å². The van der Waals surface area contributed by atoms with Gasteiger partial charge < -0.3 is 5.11 Å². The largest absolute Gasteiger partial charge is 0.389 e. The van der Waals surface area contributed by atoms with Crippen LogP contribution in [0.5, 0.6) is 0 Å². The molecule has 0 saturated heterocycles. The molecule has 1 atom stereocenters. The lowest BCUT2D eigenvalue weighted by Gasteiger charge is -2.08. The van der Waals surface area contributed by atoms with Gasteiger partial charge in [-0.15, -0.1) is 0 Å². The van der Waals surface area contributed by atoms with Crippen LogP contribution >= 0.6 is 11.8 Å². The summed E-state index contributed by atoms with van der Waals surface area (Å²) in [6.07, 6.45) is 1.29. The molecule has 1 aromatic carbocycles. The number of nitrogens with zero attached hydrogens (tertiary/aromatic N) is 1. The first-order valence-electron chi connectivity index (χ1n) is 5.95. The SMILES string of the molecule is Cc1ccc(Sc2cc([C@H](C)O)ccn2)c(C)c1. The highest BCUT2D eigenvalue weighted by Crippen LogP contribution is 2.30. The second kappa shape index (κ2) is 5.55. The fourth-order valence-corrected chi connectivity index (χ4v) is 2.66. The van der Waals surface area contributed by atoms with Gasteiger partial charge in [0.1, 0.15) is 5.03 Å². The van der Waals surface area contributed by atoms with Gasteiger partial charge in [-0.05, 0) is 50.1 Å². The Morgan fingerprint density at radius 1 is 1.17 bits per heavy atom. The van der Waals surface area contributed by atoms with Crippen molar-refractivity contribution >= 4 is 11.8 Å². The third-order valence-electron chi connectivity index (χ3n) is 2.79. The van der Waals surface area contributed by atoms with Crippen molar-refractivity contribution in [1.82, 2.24) is 4.98 Å². The summed E-state index contributed by atoms with van der Waals surface area (Å²) in [5.41, 5.74) is 3.42. The van der Waals surface area contributed by atoms with Crippen LogP contribution in [0.1, 0.15) is 29.7 Å². The minimum Gasteiger partial charge on any atom is -0.389 e. The molecule has 0 radical (unpaired) electrons. The molecule has 0 saturated carbocycles. The van der Waals surface area contributed by atoms with Gasteiger partial charge in [-0.25, -0.2) is 4.98 Å². The first kappa shape index (κ1) is 13.1. The van der Waals surface area contributed by atoms with Gasteiger partial charge >= 0.3 is 0 Å². The Hall–Kier alpha value is -1.32. The van der Waals surface area contributed by atoms with Crippen LogP contribution in [0, 0.1) is 13.8 Å². The molecule has 0 fully saturated rings. The Morgan fingerprint density at radius 2 is 1.94 bits per heavy atom.